The van der Waals surface area contributed by atoms with E-state index >= 15 is 0 Å². The van der Waals surface area contributed by atoms with E-state index in [1.54, 1.807) is 0 Å². The molecule has 22 heavy (non-hydrogen) atoms. The Morgan fingerprint density at radius 1 is 1.27 bits per heavy atom. The summed E-state index contributed by atoms with van der Waals surface area (Å²) in [6.45, 7) is 3.75. The monoisotopic (exact) mass is 325 g/mol. The van der Waals surface area contributed by atoms with E-state index in [0.717, 1.165) is 12.8 Å². The lowest BCUT2D eigenvalue weighted by atomic mass is 10.1. The Labute approximate surface area is 131 Å². The van der Waals surface area contributed by atoms with Crippen molar-refractivity contribution in [3.63, 3.8) is 0 Å². The molecule has 1 aromatic rings. The highest BCUT2D eigenvalue weighted by molar-refractivity contribution is 7.89. The van der Waals surface area contributed by atoms with Crippen LogP contribution in [0.1, 0.15) is 31.4 Å². The van der Waals surface area contributed by atoms with Crippen molar-refractivity contribution in [2.75, 3.05) is 5.75 Å². The molecule has 6 heteroatoms. The van der Waals surface area contributed by atoms with Gasteiger partial charge < -0.3 is 5.11 Å². The number of carbonyl (C=O) groups is 1. The van der Waals surface area contributed by atoms with Crippen LogP contribution < -0.4 is 4.72 Å². The van der Waals surface area contributed by atoms with E-state index in [0.29, 0.717) is 6.42 Å². The second kappa shape index (κ2) is 6.79. The summed E-state index contributed by atoms with van der Waals surface area (Å²) in [5.41, 5.74) is 2.39. The fourth-order valence-electron chi connectivity index (χ4n) is 3.01. The molecule has 0 spiro atoms. The zero-order valence-corrected chi connectivity index (χ0v) is 13.8. The molecule has 0 unspecified atom stereocenters. The molecule has 1 aliphatic carbocycles. The average molecular weight is 325 g/mol. The van der Waals surface area contributed by atoms with Crippen LogP contribution in [0.2, 0.25) is 0 Å². The molecule has 0 bridgehead atoms. The molecule has 2 rings (SSSR count). The standard InChI is InChI=1S/C16H23NO4S/c1-11(2)7-15(16(18)19)17-22(20,21)10-12-8-13-5-3-4-6-14(13)9-12/h3-6,11-12,15,17H,7-10H2,1-2H3,(H,18,19)/t15-/m0/s1. The minimum atomic E-state index is -3.60. The average Bonchev–Trinajstić information content (AvgIpc) is 2.77. The predicted octanol–water partition coefficient (Wildman–Crippen LogP) is 1.82. The van der Waals surface area contributed by atoms with Crippen LogP contribution in [0.3, 0.4) is 0 Å². The van der Waals surface area contributed by atoms with Crippen molar-refractivity contribution in [1.82, 2.24) is 4.72 Å². The molecule has 1 aliphatic rings. The first kappa shape index (κ1) is 17.0. The zero-order chi connectivity index (χ0) is 16.3. The maximum Gasteiger partial charge on any atom is 0.321 e. The molecule has 0 aromatic heterocycles. The van der Waals surface area contributed by atoms with Gasteiger partial charge in [-0.3, -0.25) is 4.79 Å². The zero-order valence-electron chi connectivity index (χ0n) is 13.0. The van der Waals surface area contributed by atoms with E-state index in [-0.39, 0.29) is 17.6 Å². The van der Waals surface area contributed by atoms with E-state index < -0.39 is 22.0 Å². The number of sulfonamides is 1. The maximum atomic E-state index is 12.3. The Kier molecular flexibility index (Phi) is 5.24. The molecule has 0 saturated heterocycles. The number of carboxylic acids is 1. The minimum Gasteiger partial charge on any atom is -0.480 e. The molecule has 122 valence electrons. The van der Waals surface area contributed by atoms with Gasteiger partial charge in [0.15, 0.2) is 0 Å². The van der Waals surface area contributed by atoms with Gasteiger partial charge in [0, 0.05) is 0 Å². The molecule has 0 aliphatic heterocycles. The Balaban J connectivity index is 1.98. The van der Waals surface area contributed by atoms with Gasteiger partial charge in [0.1, 0.15) is 6.04 Å². The van der Waals surface area contributed by atoms with Gasteiger partial charge in [0.25, 0.3) is 0 Å². The summed E-state index contributed by atoms with van der Waals surface area (Å²) in [5, 5.41) is 9.16. The van der Waals surface area contributed by atoms with Crippen LogP contribution in [-0.2, 0) is 27.7 Å². The summed E-state index contributed by atoms with van der Waals surface area (Å²) < 4.78 is 26.9. The highest BCUT2D eigenvalue weighted by Crippen LogP contribution is 2.27. The number of benzene rings is 1. The van der Waals surface area contributed by atoms with Crippen molar-refractivity contribution < 1.29 is 18.3 Å². The smallest absolute Gasteiger partial charge is 0.321 e. The number of hydrogen-bond donors (Lipinski definition) is 2. The number of fused-ring (bicyclic) bond motifs is 1. The van der Waals surface area contributed by atoms with Gasteiger partial charge in [0.05, 0.1) is 5.75 Å². The lowest BCUT2D eigenvalue weighted by molar-refractivity contribution is -0.139. The molecule has 0 radical (unpaired) electrons. The molecule has 0 saturated carbocycles. The summed E-state index contributed by atoms with van der Waals surface area (Å²) in [6, 6.07) is 6.91. The summed E-state index contributed by atoms with van der Waals surface area (Å²) >= 11 is 0. The summed E-state index contributed by atoms with van der Waals surface area (Å²) in [5.74, 6) is -1.02. The SMILES string of the molecule is CC(C)C[C@H](NS(=O)(=O)CC1Cc2ccccc2C1)C(=O)O. The first-order valence-corrected chi connectivity index (χ1v) is 9.21. The second-order valence-electron chi connectivity index (χ2n) is 6.46. The van der Waals surface area contributed by atoms with Crippen molar-refractivity contribution in [2.24, 2.45) is 11.8 Å². The van der Waals surface area contributed by atoms with E-state index in [9.17, 15) is 13.2 Å². The summed E-state index contributed by atoms with van der Waals surface area (Å²) in [4.78, 5) is 11.2. The lowest BCUT2D eigenvalue weighted by Crippen LogP contribution is -2.43. The van der Waals surface area contributed by atoms with Gasteiger partial charge in [-0.15, -0.1) is 0 Å². The van der Waals surface area contributed by atoms with Gasteiger partial charge >= 0.3 is 5.97 Å². The van der Waals surface area contributed by atoms with E-state index in [1.165, 1.54) is 11.1 Å². The third-order valence-corrected chi connectivity index (χ3v) is 5.47. The highest BCUT2D eigenvalue weighted by Gasteiger charge is 2.30. The van der Waals surface area contributed by atoms with Crippen LogP contribution in [-0.4, -0.2) is 31.3 Å². The lowest BCUT2D eigenvalue weighted by Gasteiger charge is -2.18. The van der Waals surface area contributed by atoms with Gasteiger partial charge in [-0.1, -0.05) is 38.1 Å². The maximum absolute atomic E-state index is 12.3. The Hall–Kier alpha value is -1.40. The Bertz CT molecular complexity index is 614. The van der Waals surface area contributed by atoms with Crippen molar-refractivity contribution in [3.8, 4) is 0 Å². The van der Waals surface area contributed by atoms with Crippen molar-refractivity contribution in [1.29, 1.82) is 0 Å². The van der Waals surface area contributed by atoms with Gasteiger partial charge in [0.2, 0.25) is 10.0 Å². The third-order valence-electron chi connectivity index (χ3n) is 3.92. The predicted molar refractivity (Wildman–Crippen MR) is 85.1 cm³/mol. The third kappa shape index (κ3) is 4.55. The van der Waals surface area contributed by atoms with Crippen molar-refractivity contribution >= 4 is 16.0 Å². The molecule has 2 N–H and O–H groups in total. The number of aliphatic carboxylic acids is 1. The molecule has 0 fully saturated rings. The second-order valence-corrected chi connectivity index (χ2v) is 8.26. The van der Waals surface area contributed by atoms with Gasteiger partial charge in [-0.2, -0.15) is 0 Å². The van der Waals surface area contributed by atoms with Crippen molar-refractivity contribution in [2.45, 2.75) is 39.2 Å². The topological polar surface area (TPSA) is 83.5 Å². The fourth-order valence-corrected chi connectivity index (χ4v) is 4.60. The van der Waals surface area contributed by atoms with Crippen molar-refractivity contribution in [3.05, 3.63) is 35.4 Å². The van der Waals surface area contributed by atoms with Crippen LogP contribution in [0.15, 0.2) is 24.3 Å². The molecule has 1 atom stereocenters. The largest absolute Gasteiger partial charge is 0.480 e. The first-order valence-electron chi connectivity index (χ1n) is 7.56. The molecule has 0 amide bonds. The number of rotatable bonds is 7. The van der Waals surface area contributed by atoms with Crippen LogP contribution in [0, 0.1) is 11.8 Å². The quantitative estimate of drug-likeness (QED) is 0.801. The highest BCUT2D eigenvalue weighted by atomic mass is 32.2. The molecular formula is C16H23NO4S. The van der Waals surface area contributed by atoms with Gasteiger partial charge in [-0.05, 0) is 42.2 Å². The van der Waals surface area contributed by atoms with Crippen LogP contribution in [0.5, 0.6) is 0 Å². The molecular weight excluding hydrogens is 302 g/mol. The minimum absolute atomic E-state index is 0.0170. The van der Waals surface area contributed by atoms with E-state index in [4.69, 9.17) is 5.11 Å². The normalized spacial score (nSPS) is 16.7. The summed E-state index contributed by atoms with van der Waals surface area (Å²) in [7, 11) is -3.60. The fraction of sp³-hybridized carbons (Fsp3) is 0.562. The van der Waals surface area contributed by atoms with E-state index in [2.05, 4.69) is 4.72 Å². The van der Waals surface area contributed by atoms with Gasteiger partial charge in [-0.25, -0.2) is 13.1 Å². The number of nitrogens with one attached hydrogen (secondary N) is 1. The van der Waals surface area contributed by atoms with Crippen LogP contribution >= 0.6 is 0 Å². The molecule has 5 nitrogen and oxygen atoms in total. The molecule has 0 heterocycles. The number of hydrogen-bond acceptors (Lipinski definition) is 3. The Morgan fingerprint density at radius 3 is 2.27 bits per heavy atom. The van der Waals surface area contributed by atoms with E-state index in [1.807, 2.05) is 38.1 Å². The summed E-state index contributed by atoms with van der Waals surface area (Å²) in [6.07, 6.45) is 1.76. The van der Waals surface area contributed by atoms with Crippen LogP contribution in [0.4, 0.5) is 0 Å². The Morgan fingerprint density at radius 2 is 1.82 bits per heavy atom. The molecule has 1 aromatic carbocycles. The number of carboxylic acid groups (broad SMARTS) is 1. The first-order chi connectivity index (χ1) is 10.3. The van der Waals surface area contributed by atoms with Crippen LogP contribution in [0.25, 0.3) is 0 Å².